The minimum absolute atomic E-state index is 0.134. The maximum Gasteiger partial charge on any atom is 0.225 e. The lowest BCUT2D eigenvalue weighted by atomic mass is 9.43. The molecule has 0 amide bonds. The van der Waals surface area contributed by atoms with Gasteiger partial charge in [-0.25, -0.2) is 0 Å². The molecule has 0 aromatic rings. The van der Waals surface area contributed by atoms with Crippen molar-refractivity contribution in [3.05, 3.63) is 22.8 Å². The van der Waals surface area contributed by atoms with Crippen LogP contribution in [-0.4, -0.2) is 17.3 Å². The van der Waals surface area contributed by atoms with Gasteiger partial charge in [-0.3, -0.25) is 14.4 Å². The van der Waals surface area contributed by atoms with E-state index in [1.54, 1.807) is 0 Å². The molecule has 0 aliphatic heterocycles. The highest BCUT2D eigenvalue weighted by atomic mass is 16.2. The van der Waals surface area contributed by atoms with E-state index in [0.29, 0.717) is 24.5 Å². The van der Waals surface area contributed by atoms with Crippen LogP contribution in [0.15, 0.2) is 22.8 Å². The highest BCUT2D eigenvalue weighted by Gasteiger charge is 2.69. The van der Waals surface area contributed by atoms with Gasteiger partial charge in [0.25, 0.3) is 0 Å². The van der Waals surface area contributed by atoms with Gasteiger partial charge in [0.2, 0.25) is 11.6 Å². The summed E-state index contributed by atoms with van der Waals surface area (Å²) in [6.07, 6.45) is 9.40. The van der Waals surface area contributed by atoms with Crippen LogP contribution in [0, 0.1) is 39.4 Å². The van der Waals surface area contributed by atoms with Crippen LogP contribution in [0.3, 0.4) is 0 Å². The van der Waals surface area contributed by atoms with Crippen molar-refractivity contribution in [2.45, 2.75) is 107 Å². The van der Waals surface area contributed by atoms with Crippen molar-refractivity contribution in [3.8, 4) is 0 Å². The van der Waals surface area contributed by atoms with Gasteiger partial charge in [0.05, 0.1) is 0 Å². The van der Waals surface area contributed by atoms with E-state index in [4.69, 9.17) is 0 Å². The number of rotatable bonds is 4. The van der Waals surface area contributed by atoms with Gasteiger partial charge in [0, 0.05) is 33.7 Å². The summed E-state index contributed by atoms with van der Waals surface area (Å²) in [6, 6.07) is 0. The van der Waals surface area contributed by atoms with E-state index in [-0.39, 0.29) is 34.2 Å². The van der Waals surface area contributed by atoms with Gasteiger partial charge >= 0.3 is 0 Å². The summed E-state index contributed by atoms with van der Waals surface area (Å²) in [5, 5.41) is 0. The van der Waals surface area contributed by atoms with Crippen molar-refractivity contribution in [3.63, 3.8) is 0 Å². The lowest BCUT2D eigenvalue weighted by Crippen LogP contribution is -2.59. The predicted molar refractivity (Wildman–Crippen MR) is 133 cm³/mol. The summed E-state index contributed by atoms with van der Waals surface area (Å²) in [4.78, 5) is 40.8. The molecule has 2 saturated carbocycles. The third-order valence-electron chi connectivity index (χ3n) is 11.1. The Labute approximate surface area is 200 Å². The number of carbonyl (C=O) groups is 3. The van der Waals surface area contributed by atoms with E-state index in [1.165, 1.54) is 11.1 Å². The monoisotopic (exact) mass is 452 g/mol. The third-order valence-corrected chi connectivity index (χ3v) is 11.1. The zero-order valence-electron chi connectivity index (χ0n) is 22.2. The average Bonchev–Trinajstić information content (AvgIpc) is 3.02. The van der Waals surface area contributed by atoms with Crippen LogP contribution < -0.4 is 0 Å². The summed E-state index contributed by atoms with van der Waals surface area (Å²) in [5.41, 5.74) is 1.77. The van der Waals surface area contributed by atoms with Crippen molar-refractivity contribution >= 4 is 17.3 Å². The lowest BCUT2D eigenvalue weighted by molar-refractivity contribution is -0.152. The molecule has 0 N–H and O–H groups in total. The molecule has 0 radical (unpaired) electrons. The quantitative estimate of drug-likeness (QED) is 0.339. The van der Waals surface area contributed by atoms with Crippen LogP contribution >= 0.6 is 0 Å². The second-order valence-corrected chi connectivity index (χ2v) is 13.2. The summed E-state index contributed by atoms with van der Waals surface area (Å²) in [6.45, 7) is 17.3. The summed E-state index contributed by atoms with van der Waals surface area (Å²) < 4.78 is 0. The van der Waals surface area contributed by atoms with Crippen LogP contribution in [0.1, 0.15) is 107 Å². The molecular weight excluding hydrogens is 408 g/mol. The minimum Gasteiger partial charge on any atom is -0.299 e. The molecule has 6 unspecified atom stereocenters. The van der Waals surface area contributed by atoms with Crippen LogP contribution in [0.2, 0.25) is 0 Å². The zero-order chi connectivity index (χ0) is 24.6. The molecule has 0 aromatic heterocycles. The normalized spacial score (nSPS) is 40.8. The number of ketones is 3. The number of hydrogen-bond acceptors (Lipinski definition) is 3. The lowest BCUT2D eigenvalue weighted by Gasteiger charge is -2.59. The Hall–Kier alpha value is -1.51. The molecule has 4 aliphatic rings. The molecule has 0 saturated heterocycles. The molecule has 4 aliphatic carbocycles. The standard InChI is InChI=1S/C30H44O3/c1-18(2)10-9-11-19(3)20-14-17-29(7)21-12-13-22-27(4,5)23(31)15-16-28(22,6)24(21)25(32)26(33)30(20,29)8/h10,19-20,22H,9,11-17H2,1-8H3. The number of Topliss-reactive ketones (excluding diaryl/α,β-unsaturated/α-hetero) is 3. The maximum atomic E-state index is 14.1. The summed E-state index contributed by atoms with van der Waals surface area (Å²) in [5.74, 6) is 0.737. The van der Waals surface area contributed by atoms with E-state index in [9.17, 15) is 14.4 Å². The number of allylic oxidation sites excluding steroid dienone is 4. The molecule has 0 spiro atoms. The molecule has 0 aromatic carbocycles. The first-order valence-electron chi connectivity index (χ1n) is 13.2. The molecule has 6 atom stereocenters. The first-order valence-corrected chi connectivity index (χ1v) is 13.2. The Balaban J connectivity index is 1.78. The smallest absolute Gasteiger partial charge is 0.225 e. The topological polar surface area (TPSA) is 51.2 Å². The predicted octanol–water partition coefficient (Wildman–Crippen LogP) is 7.05. The molecule has 4 rings (SSSR count). The van der Waals surface area contributed by atoms with Gasteiger partial charge in [0.15, 0.2) is 0 Å². The van der Waals surface area contributed by atoms with Gasteiger partial charge in [0.1, 0.15) is 5.78 Å². The largest absolute Gasteiger partial charge is 0.299 e. The van der Waals surface area contributed by atoms with E-state index in [2.05, 4.69) is 61.5 Å². The first kappa shape index (κ1) is 24.6. The van der Waals surface area contributed by atoms with E-state index in [0.717, 1.165) is 44.1 Å². The summed E-state index contributed by atoms with van der Waals surface area (Å²) in [7, 11) is 0. The fourth-order valence-electron chi connectivity index (χ4n) is 8.87. The highest BCUT2D eigenvalue weighted by molar-refractivity contribution is 6.47. The number of fused-ring (bicyclic) bond motifs is 4. The Kier molecular flexibility index (Phi) is 5.78. The Morgan fingerprint density at radius 1 is 1.00 bits per heavy atom. The average molecular weight is 453 g/mol. The van der Waals surface area contributed by atoms with Crippen molar-refractivity contribution < 1.29 is 14.4 Å². The molecular formula is C30H44O3. The minimum atomic E-state index is -0.615. The van der Waals surface area contributed by atoms with Gasteiger partial charge in [-0.15, -0.1) is 0 Å². The molecule has 0 bridgehead atoms. The number of hydrogen-bond donors (Lipinski definition) is 0. The fourth-order valence-corrected chi connectivity index (χ4v) is 8.87. The van der Waals surface area contributed by atoms with Gasteiger partial charge in [-0.1, -0.05) is 58.8 Å². The second-order valence-electron chi connectivity index (χ2n) is 13.2. The third kappa shape index (κ3) is 3.16. The van der Waals surface area contributed by atoms with Crippen LogP contribution in [0.5, 0.6) is 0 Å². The van der Waals surface area contributed by atoms with E-state index >= 15 is 0 Å². The van der Waals surface area contributed by atoms with Crippen molar-refractivity contribution in [1.29, 1.82) is 0 Å². The van der Waals surface area contributed by atoms with E-state index in [1.807, 2.05) is 0 Å². The molecule has 182 valence electrons. The Bertz CT molecular complexity index is 961. The number of carbonyl (C=O) groups excluding carboxylic acids is 3. The SMILES string of the molecule is CC(C)=CCCC(C)C1CCC2(C)C3=C(C(=O)C(=O)C12C)C1(C)CCC(=O)C(C)(C)C1CC3. The highest BCUT2D eigenvalue weighted by Crippen LogP contribution is 2.70. The molecule has 3 heteroatoms. The molecule has 0 heterocycles. The van der Waals surface area contributed by atoms with Crippen molar-refractivity contribution in [2.75, 3.05) is 0 Å². The van der Waals surface area contributed by atoms with Crippen molar-refractivity contribution in [2.24, 2.45) is 39.4 Å². The summed E-state index contributed by atoms with van der Waals surface area (Å²) >= 11 is 0. The molecule has 33 heavy (non-hydrogen) atoms. The maximum absolute atomic E-state index is 14.1. The van der Waals surface area contributed by atoms with Crippen LogP contribution in [0.25, 0.3) is 0 Å². The molecule has 3 nitrogen and oxygen atoms in total. The Morgan fingerprint density at radius 3 is 2.30 bits per heavy atom. The van der Waals surface area contributed by atoms with Crippen molar-refractivity contribution in [1.82, 2.24) is 0 Å². The Morgan fingerprint density at radius 2 is 1.67 bits per heavy atom. The van der Waals surface area contributed by atoms with Crippen LogP contribution in [-0.2, 0) is 14.4 Å². The fraction of sp³-hybridized carbons (Fsp3) is 0.767. The second kappa shape index (κ2) is 7.75. The zero-order valence-corrected chi connectivity index (χ0v) is 22.2. The van der Waals surface area contributed by atoms with Crippen LogP contribution in [0.4, 0.5) is 0 Å². The van der Waals surface area contributed by atoms with Gasteiger partial charge in [-0.2, -0.15) is 0 Å². The van der Waals surface area contributed by atoms with E-state index < -0.39 is 10.8 Å². The van der Waals surface area contributed by atoms with Gasteiger partial charge < -0.3 is 0 Å². The van der Waals surface area contributed by atoms with Gasteiger partial charge in [-0.05, 0) is 76.5 Å². The first-order chi connectivity index (χ1) is 15.2. The molecule has 2 fully saturated rings.